The van der Waals surface area contributed by atoms with Crippen LogP contribution in [0.1, 0.15) is 20.3 Å². The van der Waals surface area contributed by atoms with Crippen LogP contribution in [0.15, 0.2) is 10.6 Å². The zero-order valence-corrected chi connectivity index (χ0v) is 12.6. The highest BCUT2D eigenvalue weighted by Crippen LogP contribution is 2.46. The van der Waals surface area contributed by atoms with Gasteiger partial charge in [0, 0.05) is 30.5 Å². The van der Waals surface area contributed by atoms with E-state index in [-0.39, 0.29) is 23.6 Å². The predicted octanol–water partition coefficient (Wildman–Crippen LogP) is -0.237. The minimum absolute atomic E-state index is 0.0229. The molecular weight excluding hydrogens is 296 g/mol. The van der Waals surface area contributed by atoms with E-state index < -0.39 is 18.0 Å². The number of aliphatic hydroxyl groups is 1. The van der Waals surface area contributed by atoms with Crippen LogP contribution in [0.25, 0.3) is 0 Å². The molecule has 0 aromatic rings. The molecular formula is C13H18N2O5S. The summed E-state index contributed by atoms with van der Waals surface area (Å²) in [5, 5.41) is 21.5. The van der Waals surface area contributed by atoms with Crippen molar-refractivity contribution in [1.29, 1.82) is 0 Å². The Morgan fingerprint density at radius 1 is 1.52 bits per heavy atom. The number of nitrogens with zero attached hydrogens (tertiary/aromatic N) is 1. The van der Waals surface area contributed by atoms with E-state index in [4.69, 9.17) is 0 Å². The summed E-state index contributed by atoms with van der Waals surface area (Å²) in [5.74, 6) is -1.57. The van der Waals surface area contributed by atoms with Crippen LogP contribution >= 0.6 is 11.8 Å². The number of aliphatic hydroxyl groups excluding tert-OH is 1. The molecule has 0 saturated carbocycles. The van der Waals surface area contributed by atoms with Crippen molar-refractivity contribution >= 4 is 29.5 Å². The van der Waals surface area contributed by atoms with Gasteiger partial charge in [0.25, 0.3) is 0 Å². The molecule has 0 aliphatic carbocycles. The molecule has 0 aromatic carbocycles. The molecule has 1 saturated heterocycles. The van der Waals surface area contributed by atoms with E-state index >= 15 is 0 Å². The molecule has 1 unspecified atom stereocenters. The van der Waals surface area contributed by atoms with Gasteiger partial charge in [0.15, 0.2) is 0 Å². The van der Waals surface area contributed by atoms with Gasteiger partial charge in [0.05, 0.1) is 18.1 Å². The quantitative estimate of drug-likeness (QED) is 0.461. The molecule has 2 heterocycles. The zero-order chi connectivity index (χ0) is 15.7. The number of β-lactam (4-membered cyclic amide) rings is 1. The number of thioether (sulfide) groups is 1. The third-order valence-corrected chi connectivity index (χ3v) is 4.76. The molecule has 2 aliphatic rings. The number of carboxylic acid groups (broad SMARTS) is 1. The van der Waals surface area contributed by atoms with Crippen molar-refractivity contribution in [2.75, 3.05) is 12.3 Å². The van der Waals surface area contributed by atoms with E-state index in [1.54, 1.807) is 6.92 Å². The lowest BCUT2D eigenvalue weighted by atomic mass is 9.83. The molecule has 2 amide bonds. The lowest BCUT2D eigenvalue weighted by Crippen LogP contribution is -2.61. The van der Waals surface area contributed by atoms with Gasteiger partial charge in [0.2, 0.25) is 11.8 Å². The molecule has 0 aromatic heterocycles. The molecule has 0 spiro atoms. The van der Waals surface area contributed by atoms with Crippen LogP contribution in [0, 0.1) is 5.92 Å². The molecule has 0 radical (unpaired) electrons. The molecule has 3 N–H and O–H groups in total. The van der Waals surface area contributed by atoms with Crippen molar-refractivity contribution in [3.05, 3.63) is 10.6 Å². The van der Waals surface area contributed by atoms with Crippen LogP contribution in [0.2, 0.25) is 0 Å². The number of carbonyl (C=O) groups is 3. The average Bonchev–Trinajstić information content (AvgIpc) is 2.68. The van der Waals surface area contributed by atoms with Gasteiger partial charge in [-0.3, -0.25) is 9.59 Å². The number of hydrogen-bond acceptors (Lipinski definition) is 5. The minimum Gasteiger partial charge on any atom is -0.477 e. The molecule has 21 heavy (non-hydrogen) atoms. The summed E-state index contributed by atoms with van der Waals surface area (Å²) in [6.45, 7) is 3.40. The van der Waals surface area contributed by atoms with E-state index in [0.29, 0.717) is 23.6 Å². The summed E-state index contributed by atoms with van der Waals surface area (Å²) in [4.78, 5) is 36.0. The SMILES string of the molecule is CC(=O)NCCSC1=C(C(=O)O)N2C(=O)[C@@H](C(C)O)[C@H]2C1. The van der Waals surface area contributed by atoms with E-state index in [1.807, 2.05) is 0 Å². The minimum atomic E-state index is -1.13. The van der Waals surface area contributed by atoms with Gasteiger partial charge < -0.3 is 20.4 Å². The molecule has 116 valence electrons. The molecule has 1 fully saturated rings. The summed E-state index contributed by atoms with van der Waals surface area (Å²) >= 11 is 1.33. The second-order valence-corrected chi connectivity index (χ2v) is 6.34. The fraction of sp³-hybridized carbons (Fsp3) is 0.615. The Hall–Kier alpha value is -1.54. The van der Waals surface area contributed by atoms with E-state index in [9.17, 15) is 24.6 Å². The third kappa shape index (κ3) is 2.91. The Labute approximate surface area is 126 Å². The van der Waals surface area contributed by atoms with Gasteiger partial charge in [0.1, 0.15) is 5.70 Å². The lowest BCUT2D eigenvalue weighted by Gasteiger charge is -2.44. The van der Waals surface area contributed by atoms with Crippen LogP contribution in [0.5, 0.6) is 0 Å². The fourth-order valence-electron chi connectivity index (χ4n) is 2.76. The van der Waals surface area contributed by atoms with Gasteiger partial charge in [-0.1, -0.05) is 0 Å². The summed E-state index contributed by atoms with van der Waals surface area (Å²) in [6, 6.07) is -0.258. The second kappa shape index (κ2) is 6.07. The second-order valence-electron chi connectivity index (χ2n) is 5.15. The number of nitrogens with one attached hydrogen (secondary N) is 1. The normalized spacial score (nSPS) is 25.5. The molecule has 3 atom stereocenters. The highest BCUT2D eigenvalue weighted by atomic mass is 32.2. The molecule has 8 heteroatoms. The number of amides is 2. The first-order valence-corrected chi connectivity index (χ1v) is 7.68. The van der Waals surface area contributed by atoms with Gasteiger partial charge >= 0.3 is 5.97 Å². The Morgan fingerprint density at radius 2 is 2.19 bits per heavy atom. The largest absolute Gasteiger partial charge is 0.477 e. The maximum absolute atomic E-state index is 12.0. The summed E-state index contributed by atoms with van der Waals surface area (Å²) in [7, 11) is 0. The van der Waals surface area contributed by atoms with Gasteiger partial charge in [-0.15, -0.1) is 11.8 Å². The Bertz CT molecular complexity index is 517. The summed E-state index contributed by atoms with van der Waals surface area (Å²) in [6.07, 6.45) is -0.328. The summed E-state index contributed by atoms with van der Waals surface area (Å²) < 4.78 is 0. The van der Waals surface area contributed by atoms with Crippen molar-refractivity contribution in [1.82, 2.24) is 10.2 Å². The number of rotatable bonds is 6. The maximum atomic E-state index is 12.0. The number of aliphatic carboxylic acids is 1. The van der Waals surface area contributed by atoms with Crippen LogP contribution in [-0.2, 0) is 14.4 Å². The first-order valence-electron chi connectivity index (χ1n) is 6.69. The van der Waals surface area contributed by atoms with Crippen molar-refractivity contribution < 1.29 is 24.6 Å². The van der Waals surface area contributed by atoms with Crippen molar-refractivity contribution in [3.63, 3.8) is 0 Å². The fourth-order valence-corrected chi connectivity index (χ4v) is 3.82. The van der Waals surface area contributed by atoms with E-state index in [2.05, 4.69) is 5.32 Å². The van der Waals surface area contributed by atoms with Gasteiger partial charge in [-0.2, -0.15) is 0 Å². The van der Waals surface area contributed by atoms with Crippen LogP contribution in [-0.4, -0.2) is 57.3 Å². The lowest BCUT2D eigenvalue weighted by molar-refractivity contribution is -0.161. The Balaban J connectivity index is 2.04. The van der Waals surface area contributed by atoms with Crippen LogP contribution in [0.3, 0.4) is 0 Å². The summed E-state index contributed by atoms with van der Waals surface area (Å²) in [5.41, 5.74) is 0.0229. The highest BCUT2D eigenvalue weighted by molar-refractivity contribution is 8.03. The number of fused-ring (bicyclic) bond motifs is 1. The number of hydrogen-bond donors (Lipinski definition) is 3. The first-order chi connectivity index (χ1) is 9.84. The predicted molar refractivity (Wildman–Crippen MR) is 76.2 cm³/mol. The third-order valence-electron chi connectivity index (χ3n) is 3.64. The number of carboxylic acids is 1. The maximum Gasteiger partial charge on any atom is 0.353 e. The average molecular weight is 314 g/mol. The van der Waals surface area contributed by atoms with E-state index in [1.165, 1.54) is 23.6 Å². The topological polar surface area (TPSA) is 107 Å². The Kier molecular flexibility index (Phi) is 4.58. The first kappa shape index (κ1) is 15.8. The van der Waals surface area contributed by atoms with E-state index in [0.717, 1.165) is 0 Å². The molecule has 0 bridgehead atoms. The van der Waals surface area contributed by atoms with Gasteiger partial charge in [-0.25, -0.2) is 4.79 Å². The molecule has 7 nitrogen and oxygen atoms in total. The monoisotopic (exact) mass is 314 g/mol. The standard InChI is InChI=1S/C13H18N2O5S/c1-6(16)10-8-5-9(21-4-3-14-7(2)17)11(13(19)20)15(8)12(10)18/h6,8,10,16H,3-5H2,1-2H3,(H,14,17)(H,19,20)/t6?,8-,10+/m1/s1. The zero-order valence-electron chi connectivity index (χ0n) is 11.8. The van der Waals surface area contributed by atoms with Crippen LogP contribution < -0.4 is 5.32 Å². The van der Waals surface area contributed by atoms with Crippen molar-refractivity contribution in [2.24, 2.45) is 5.92 Å². The highest BCUT2D eigenvalue weighted by Gasteiger charge is 2.56. The molecule has 2 rings (SSSR count). The smallest absolute Gasteiger partial charge is 0.353 e. The van der Waals surface area contributed by atoms with Crippen molar-refractivity contribution in [3.8, 4) is 0 Å². The molecule has 2 aliphatic heterocycles. The Morgan fingerprint density at radius 3 is 2.71 bits per heavy atom. The van der Waals surface area contributed by atoms with Gasteiger partial charge in [-0.05, 0) is 6.92 Å². The van der Waals surface area contributed by atoms with Crippen molar-refractivity contribution in [2.45, 2.75) is 32.4 Å². The number of carbonyl (C=O) groups excluding carboxylic acids is 2. The van der Waals surface area contributed by atoms with Crippen LogP contribution in [0.4, 0.5) is 0 Å².